The molecule has 4 heteroatoms. The normalized spacial score (nSPS) is 10.7. The smallest absolute Gasteiger partial charge is 0.269 e. The van der Waals surface area contributed by atoms with E-state index < -0.39 is 0 Å². The number of aromatic nitrogens is 2. The van der Waals surface area contributed by atoms with Gasteiger partial charge in [-0.15, -0.1) is 0 Å². The van der Waals surface area contributed by atoms with Gasteiger partial charge in [-0.05, 0) is 25.8 Å². The van der Waals surface area contributed by atoms with Gasteiger partial charge in [0.15, 0.2) is 0 Å². The highest BCUT2D eigenvalue weighted by molar-refractivity contribution is 5.92. The number of amides is 1. The molecule has 4 nitrogen and oxygen atoms in total. The monoisotopic (exact) mass is 209 g/mol. The zero-order valence-electron chi connectivity index (χ0n) is 9.87. The van der Waals surface area contributed by atoms with Crippen LogP contribution in [0.25, 0.3) is 0 Å². The van der Waals surface area contributed by atoms with E-state index in [4.69, 9.17) is 0 Å². The molecule has 0 saturated heterocycles. The Morgan fingerprint density at radius 2 is 2.27 bits per heavy atom. The predicted molar refractivity (Wildman–Crippen MR) is 59.8 cm³/mol. The van der Waals surface area contributed by atoms with Gasteiger partial charge in [0.2, 0.25) is 0 Å². The molecule has 0 aliphatic rings. The lowest BCUT2D eigenvalue weighted by atomic mass is 10.2. The number of nitrogens with one attached hydrogen (secondary N) is 1. The van der Waals surface area contributed by atoms with Crippen molar-refractivity contribution in [2.75, 3.05) is 6.54 Å². The summed E-state index contributed by atoms with van der Waals surface area (Å²) >= 11 is 0. The molecule has 1 aromatic heterocycles. The Morgan fingerprint density at radius 3 is 2.80 bits per heavy atom. The summed E-state index contributed by atoms with van der Waals surface area (Å²) in [5, 5.41) is 7.12. The highest BCUT2D eigenvalue weighted by Crippen LogP contribution is 2.03. The molecule has 0 spiro atoms. The van der Waals surface area contributed by atoms with Gasteiger partial charge in [0.25, 0.3) is 5.91 Å². The van der Waals surface area contributed by atoms with Gasteiger partial charge in [-0.2, -0.15) is 5.10 Å². The van der Waals surface area contributed by atoms with E-state index in [1.54, 1.807) is 4.68 Å². The molecule has 1 aromatic rings. The van der Waals surface area contributed by atoms with Crippen LogP contribution in [0.5, 0.6) is 0 Å². The molecular weight excluding hydrogens is 190 g/mol. The minimum absolute atomic E-state index is 0.0360. The third kappa shape index (κ3) is 3.08. The van der Waals surface area contributed by atoms with Crippen LogP contribution in [0, 0.1) is 12.8 Å². The van der Waals surface area contributed by atoms with Gasteiger partial charge in [0.05, 0.1) is 5.69 Å². The lowest BCUT2D eigenvalue weighted by Gasteiger charge is -2.08. The van der Waals surface area contributed by atoms with E-state index >= 15 is 0 Å². The molecule has 1 rings (SSSR count). The van der Waals surface area contributed by atoms with Gasteiger partial charge >= 0.3 is 0 Å². The molecule has 0 fully saturated rings. The first-order valence-corrected chi connectivity index (χ1v) is 5.37. The molecule has 15 heavy (non-hydrogen) atoms. The molecule has 0 unspecified atom stereocenters. The highest BCUT2D eigenvalue weighted by atomic mass is 16.2. The summed E-state index contributed by atoms with van der Waals surface area (Å²) in [5.41, 5.74) is 1.53. The molecule has 1 heterocycles. The molecule has 0 aromatic carbocycles. The van der Waals surface area contributed by atoms with E-state index in [2.05, 4.69) is 24.3 Å². The summed E-state index contributed by atoms with van der Waals surface area (Å²) in [6.07, 6.45) is 0. The van der Waals surface area contributed by atoms with Crippen molar-refractivity contribution >= 4 is 5.91 Å². The molecule has 1 N–H and O–H groups in total. The largest absolute Gasteiger partial charge is 0.350 e. The van der Waals surface area contributed by atoms with Crippen molar-refractivity contribution in [3.05, 3.63) is 17.5 Å². The van der Waals surface area contributed by atoms with Crippen molar-refractivity contribution in [3.8, 4) is 0 Å². The molecule has 0 saturated carbocycles. The first-order chi connectivity index (χ1) is 7.04. The van der Waals surface area contributed by atoms with Crippen LogP contribution >= 0.6 is 0 Å². The Bertz CT molecular complexity index is 342. The zero-order valence-corrected chi connectivity index (χ0v) is 9.87. The second-order valence-electron chi connectivity index (χ2n) is 4.09. The maximum absolute atomic E-state index is 11.8. The van der Waals surface area contributed by atoms with Crippen molar-refractivity contribution in [1.29, 1.82) is 0 Å². The van der Waals surface area contributed by atoms with Crippen LogP contribution in [0.4, 0.5) is 0 Å². The second-order valence-corrected chi connectivity index (χ2v) is 4.09. The van der Waals surface area contributed by atoms with Gasteiger partial charge in [-0.1, -0.05) is 13.8 Å². The fourth-order valence-corrected chi connectivity index (χ4v) is 1.36. The summed E-state index contributed by atoms with van der Waals surface area (Å²) in [6.45, 7) is 9.44. The molecule has 0 radical (unpaired) electrons. The Hall–Kier alpha value is -1.32. The Balaban J connectivity index is 2.72. The molecule has 84 valence electrons. The molecule has 0 bridgehead atoms. The second kappa shape index (κ2) is 4.96. The maximum Gasteiger partial charge on any atom is 0.269 e. The number of rotatable bonds is 4. The van der Waals surface area contributed by atoms with Crippen LogP contribution in [0.2, 0.25) is 0 Å². The average Bonchev–Trinajstić information content (AvgIpc) is 2.56. The van der Waals surface area contributed by atoms with Crippen LogP contribution in [-0.2, 0) is 6.54 Å². The minimum Gasteiger partial charge on any atom is -0.350 e. The van der Waals surface area contributed by atoms with Crippen LogP contribution in [-0.4, -0.2) is 22.2 Å². The van der Waals surface area contributed by atoms with E-state index in [1.165, 1.54) is 0 Å². The van der Waals surface area contributed by atoms with Crippen molar-refractivity contribution in [2.24, 2.45) is 5.92 Å². The third-order valence-corrected chi connectivity index (χ3v) is 2.11. The summed E-state index contributed by atoms with van der Waals surface area (Å²) < 4.78 is 1.73. The van der Waals surface area contributed by atoms with E-state index in [1.807, 2.05) is 19.9 Å². The number of carbonyl (C=O) groups is 1. The van der Waals surface area contributed by atoms with E-state index in [-0.39, 0.29) is 5.91 Å². The highest BCUT2D eigenvalue weighted by Gasteiger charge is 2.12. The summed E-state index contributed by atoms with van der Waals surface area (Å²) in [7, 11) is 0. The number of carbonyl (C=O) groups excluding carboxylic acids is 1. The Labute approximate surface area is 90.7 Å². The number of hydrogen-bond donors (Lipinski definition) is 1. The van der Waals surface area contributed by atoms with Crippen LogP contribution in [0.3, 0.4) is 0 Å². The van der Waals surface area contributed by atoms with Crippen LogP contribution in [0.15, 0.2) is 6.07 Å². The maximum atomic E-state index is 11.8. The molecule has 0 aliphatic heterocycles. The van der Waals surface area contributed by atoms with E-state index in [0.29, 0.717) is 18.2 Å². The van der Waals surface area contributed by atoms with Crippen molar-refractivity contribution in [1.82, 2.24) is 15.1 Å². The van der Waals surface area contributed by atoms with Gasteiger partial charge < -0.3 is 5.32 Å². The Kier molecular flexibility index (Phi) is 3.88. The zero-order chi connectivity index (χ0) is 11.4. The van der Waals surface area contributed by atoms with Gasteiger partial charge in [-0.3, -0.25) is 9.48 Å². The average molecular weight is 209 g/mol. The topological polar surface area (TPSA) is 46.9 Å². The SMILES string of the molecule is CCn1nc(C)cc1C(=O)NCC(C)C. The Morgan fingerprint density at radius 1 is 1.60 bits per heavy atom. The fraction of sp³-hybridized carbons (Fsp3) is 0.636. The summed E-state index contributed by atoms with van der Waals surface area (Å²) in [4.78, 5) is 11.8. The van der Waals surface area contributed by atoms with Crippen LogP contribution < -0.4 is 5.32 Å². The first-order valence-electron chi connectivity index (χ1n) is 5.37. The lowest BCUT2D eigenvalue weighted by Crippen LogP contribution is -2.29. The fourth-order valence-electron chi connectivity index (χ4n) is 1.36. The molecule has 1 amide bonds. The van der Waals surface area contributed by atoms with E-state index in [9.17, 15) is 4.79 Å². The first kappa shape index (κ1) is 11.8. The van der Waals surface area contributed by atoms with Crippen LogP contribution in [0.1, 0.15) is 37.0 Å². The minimum atomic E-state index is -0.0360. The van der Waals surface area contributed by atoms with Gasteiger partial charge in [0, 0.05) is 13.1 Å². The summed E-state index contributed by atoms with van der Waals surface area (Å²) in [6, 6.07) is 1.82. The number of aryl methyl sites for hydroxylation is 2. The van der Waals surface area contributed by atoms with Crippen molar-refractivity contribution < 1.29 is 4.79 Å². The van der Waals surface area contributed by atoms with Gasteiger partial charge in [-0.25, -0.2) is 0 Å². The van der Waals surface area contributed by atoms with Gasteiger partial charge in [0.1, 0.15) is 5.69 Å². The standard InChI is InChI=1S/C11H19N3O/c1-5-14-10(6-9(4)13-14)11(15)12-7-8(2)3/h6,8H,5,7H2,1-4H3,(H,12,15). The number of hydrogen-bond acceptors (Lipinski definition) is 2. The molecular formula is C11H19N3O. The van der Waals surface area contributed by atoms with E-state index in [0.717, 1.165) is 12.2 Å². The molecule has 0 aliphatic carbocycles. The predicted octanol–water partition coefficient (Wildman–Crippen LogP) is 1.60. The quantitative estimate of drug-likeness (QED) is 0.818. The third-order valence-electron chi connectivity index (χ3n) is 2.11. The molecule has 0 atom stereocenters. The summed E-state index contributed by atoms with van der Waals surface area (Å²) in [5.74, 6) is 0.430. The lowest BCUT2D eigenvalue weighted by molar-refractivity contribution is 0.0938. The van der Waals surface area contributed by atoms with Crippen molar-refractivity contribution in [3.63, 3.8) is 0 Å². The van der Waals surface area contributed by atoms with Crippen molar-refractivity contribution in [2.45, 2.75) is 34.2 Å². The number of nitrogens with zero attached hydrogens (tertiary/aromatic N) is 2.